The predicted molar refractivity (Wildman–Crippen MR) is 94.4 cm³/mol. The third kappa shape index (κ3) is 3.59. The lowest BCUT2D eigenvalue weighted by atomic mass is 9.84. The summed E-state index contributed by atoms with van der Waals surface area (Å²) in [6, 6.07) is 3.32. The zero-order chi connectivity index (χ0) is 18.1. The topological polar surface area (TPSA) is 52.4 Å². The van der Waals surface area contributed by atoms with E-state index < -0.39 is 5.82 Å². The molecule has 2 aromatic rings. The molecule has 2 aromatic heterocycles. The van der Waals surface area contributed by atoms with E-state index in [1.165, 1.54) is 11.6 Å². The molecule has 2 saturated heterocycles. The first kappa shape index (κ1) is 17.4. The highest BCUT2D eigenvalue weighted by atomic mass is 19.1. The molecular formula is C19H25FN4O2. The van der Waals surface area contributed by atoms with Gasteiger partial charge in [-0.05, 0) is 26.0 Å². The smallest absolute Gasteiger partial charge is 0.250 e. The summed E-state index contributed by atoms with van der Waals surface area (Å²) in [5.41, 5.74) is 1.04. The third-order valence-corrected chi connectivity index (χ3v) is 5.06. The first-order valence-electron chi connectivity index (χ1n) is 9.19. The van der Waals surface area contributed by atoms with Crippen LogP contribution in [0.15, 0.2) is 30.7 Å². The second-order valence-corrected chi connectivity index (χ2v) is 7.62. The molecule has 6 nitrogen and oxygen atoms in total. The molecule has 0 amide bonds. The Bertz CT molecular complexity index is 758. The fourth-order valence-corrected chi connectivity index (χ4v) is 3.80. The van der Waals surface area contributed by atoms with E-state index in [9.17, 15) is 4.39 Å². The number of rotatable bonds is 5. The molecule has 4 rings (SSSR count). The van der Waals surface area contributed by atoms with Crippen LogP contribution in [-0.2, 0) is 11.3 Å². The van der Waals surface area contributed by atoms with Gasteiger partial charge in [-0.3, -0.25) is 9.58 Å². The highest BCUT2D eigenvalue weighted by molar-refractivity contribution is 5.14. The van der Waals surface area contributed by atoms with Gasteiger partial charge in [0, 0.05) is 56.5 Å². The van der Waals surface area contributed by atoms with Crippen LogP contribution < -0.4 is 4.74 Å². The maximum atomic E-state index is 13.8. The number of nitrogens with zero attached hydrogens (tertiary/aromatic N) is 4. The molecule has 140 valence electrons. The van der Waals surface area contributed by atoms with Crippen molar-refractivity contribution in [2.75, 3.05) is 19.7 Å². The van der Waals surface area contributed by atoms with Crippen molar-refractivity contribution in [1.29, 1.82) is 0 Å². The van der Waals surface area contributed by atoms with E-state index in [1.54, 1.807) is 12.3 Å². The van der Waals surface area contributed by atoms with Crippen LogP contribution in [0.2, 0.25) is 0 Å². The van der Waals surface area contributed by atoms with Crippen LogP contribution in [0.1, 0.15) is 38.3 Å². The Hall–Kier alpha value is -1.99. The molecule has 0 aliphatic carbocycles. The number of likely N-dealkylation sites (tertiary alicyclic amines) is 1. The van der Waals surface area contributed by atoms with E-state index in [0.29, 0.717) is 12.6 Å². The molecule has 4 heterocycles. The van der Waals surface area contributed by atoms with Gasteiger partial charge in [0.1, 0.15) is 6.10 Å². The molecule has 1 atom stereocenters. The Morgan fingerprint density at radius 2 is 2.27 bits per heavy atom. The third-order valence-electron chi connectivity index (χ3n) is 5.06. The zero-order valence-corrected chi connectivity index (χ0v) is 15.3. The molecule has 0 bridgehead atoms. The van der Waals surface area contributed by atoms with Gasteiger partial charge in [-0.25, -0.2) is 9.37 Å². The van der Waals surface area contributed by atoms with E-state index in [1.807, 2.05) is 10.9 Å². The quantitative estimate of drug-likeness (QED) is 0.821. The predicted octanol–water partition coefficient (Wildman–Crippen LogP) is 2.81. The van der Waals surface area contributed by atoms with Crippen molar-refractivity contribution in [1.82, 2.24) is 19.7 Å². The molecule has 2 fully saturated rings. The normalized spacial score (nSPS) is 22.5. The summed E-state index contributed by atoms with van der Waals surface area (Å²) in [6.45, 7) is 7.48. The number of hydrogen-bond acceptors (Lipinski definition) is 5. The van der Waals surface area contributed by atoms with E-state index >= 15 is 0 Å². The van der Waals surface area contributed by atoms with Gasteiger partial charge < -0.3 is 9.47 Å². The standard InChI is InChI=1S/C19H25FN4O2/c1-14(2)24-11-15(9-22-24)10-23-12-19(13-23)8-16(5-7-25-19)26-18-17(20)4-3-6-21-18/h3-4,6,9,11,14,16H,5,7-8,10,12-13H2,1-2H3. The Morgan fingerprint density at radius 3 is 3.00 bits per heavy atom. The minimum absolute atomic E-state index is 0.0565. The largest absolute Gasteiger partial charge is 0.472 e. The molecule has 0 radical (unpaired) electrons. The Morgan fingerprint density at radius 1 is 1.42 bits per heavy atom. The fourth-order valence-electron chi connectivity index (χ4n) is 3.80. The van der Waals surface area contributed by atoms with E-state index in [-0.39, 0.29) is 17.6 Å². The van der Waals surface area contributed by atoms with Crippen molar-refractivity contribution >= 4 is 0 Å². The van der Waals surface area contributed by atoms with Crippen molar-refractivity contribution < 1.29 is 13.9 Å². The fraction of sp³-hybridized carbons (Fsp3) is 0.579. The van der Waals surface area contributed by atoms with Crippen molar-refractivity contribution in [3.8, 4) is 5.88 Å². The Labute approximate surface area is 152 Å². The molecule has 0 aromatic carbocycles. The van der Waals surface area contributed by atoms with Crippen LogP contribution in [0.4, 0.5) is 4.39 Å². The van der Waals surface area contributed by atoms with Gasteiger partial charge in [-0.15, -0.1) is 0 Å². The molecule has 26 heavy (non-hydrogen) atoms. The Kier molecular flexibility index (Phi) is 4.67. The van der Waals surface area contributed by atoms with Gasteiger partial charge in [0.15, 0.2) is 5.82 Å². The lowest BCUT2D eigenvalue weighted by molar-refractivity contribution is -0.188. The number of hydrogen-bond donors (Lipinski definition) is 0. The van der Waals surface area contributed by atoms with Crippen LogP contribution in [0.3, 0.4) is 0 Å². The molecular weight excluding hydrogens is 335 g/mol. The molecule has 0 N–H and O–H groups in total. The van der Waals surface area contributed by atoms with Crippen molar-refractivity contribution in [2.45, 2.75) is 51.0 Å². The Balaban J connectivity index is 1.32. The van der Waals surface area contributed by atoms with Crippen molar-refractivity contribution in [2.24, 2.45) is 0 Å². The second-order valence-electron chi connectivity index (χ2n) is 7.62. The van der Waals surface area contributed by atoms with Gasteiger partial charge in [-0.1, -0.05) is 0 Å². The molecule has 2 aliphatic heterocycles. The van der Waals surface area contributed by atoms with Gasteiger partial charge in [0.05, 0.1) is 18.4 Å². The van der Waals surface area contributed by atoms with Crippen LogP contribution in [0, 0.1) is 5.82 Å². The summed E-state index contributed by atoms with van der Waals surface area (Å²) in [6.07, 6.45) is 7.06. The number of pyridine rings is 1. The maximum Gasteiger partial charge on any atom is 0.250 e. The maximum absolute atomic E-state index is 13.8. The number of halogens is 1. The molecule has 1 unspecified atom stereocenters. The summed E-state index contributed by atoms with van der Waals surface area (Å²) in [5.74, 6) is -0.322. The summed E-state index contributed by atoms with van der Waals surface area (Å²) >= 11 is 0. The molecule has 1 spiro atoms. The molecule has 2 aliphatic rings. The highest BCUT2D eigenvalue weighted by Crippen LogP contribution is 2.36. The first-order chi connectivity index (χ1) is 12.5. The number of aromatic nitrogens is 3. The monoisotopic (exact) mass is 360 g/mol. The summed E-state index contributed by atoms with van der Waals surface area (Å²) in [5, 5.41) is 4.39. The highest BCUT2D eigenvalue weighted by Gasteiger charge is 2.48. The lowest BCUT2D eigenvalue weighted by Gasteiger charge is -2.53. The van der Waals surface area contributed by atoms with Crippen molar-refractivity contribution in [3.63, 3.8) is 0 Å². The van der Waals surface area contributed by atoms with E-state index in [0.717, 1.165) is 32.5 Å². The van der Waals surface area contributed by atoms with Gasteiger partial charge in [-0.2, -0.15) is 5.10 Å². The van der Waals surface area contributed by atoms with Gasteiger partial charge >= 0.3 is 0 Å². The van der Waals surface area contributed by atoms with Gasteiger partial charge in [0.25, 0.3) is 5.88 Å². The zero-order valence-electron chi connectivity index (χ0n) is 15.3. The average Bonchev–Trinajstić information content (AvgIpc) is 3.05. The van der Waals surface area contributed by atoms with E-state index in [4.69, 9.17) is 9.47 Å². The van der Waals surface area contributed by atoms with Crippen molar-refractivity contribution in [3.05, 3.63) is 42.1 Å². The lowest BCUT2D eigenvalue weighted by Crippen LogP contribution is -2.65. The summed E-state index contributed by atoms with van der Waals surface area (Å²) < 4.78 is 27.6. The second kappa shape index (κ2) is 6.96. The van der Waals surface area contributed by atoms with Crippen LogP contribution in [0.5, 0.6) is 5.88 Å². The summed E-state index contributed by atoms with van der Waals surface area (Å²) in [7, 11) is 0. The average molecular weight is 360 g/mol. The first-order valence-corrected chi connectivity index (χ1v) is 9.19. The SMILES string of the molecule is CC(C)n1cc(CN2CC3(CC(Oc4ncccc4F)CCO3)C2)cn1. The molecule has 0 saturated carbocycles. The van der Waals surface area contributed by atoms with Crippen LogP contribution >= 0.6 is 0 Å². The van der Waals surface area contributed by atoms with Crippen LogP contribution in [-0.4, -0.2) is 51.1 Å². The minimum atomic E-state index is -0.412. The van der Waals surface area contributed by atoms with Gasteiger partial charge in [0.2, 0.25) is 0 Å². The van der Waals surface area contributed by atoms with Crippen LogP contribution in [0.25, 0.3) is 0 Å². The van der Waals surface area contributed by atoms with E-state index in [2.05, 4.69) is 35.0 Å². The minimum Gasteiger partial charge on any atom is -0.472 e. The summed E-state index contributed by atoms with van der Waals surface area (Å²) in [4.78, 5) is 6.35. The molecule has 7 heteroatoms. The number of ether oxygens (including phenoxy) is 2.